The first-order valence-corrected chi connectivity index (χ1v) is 8.85. The number of fused-ring (bicyclic) bond motifs is 1. The molecule has 0 aliphatic rings. The average Bonchev–Trinajstić information content (AvgIpc) is 2.69. The second kappa shape index (κ2) is 8.54. The molecule has 0 bridgehead atoms. The number of halogens is 3. The zero-order valence-electron chi connectivity index (χ0n) is 16.1. The fourth-order valence-electron chi connectivity index (χ4n) is 3.03. The summed E-state index contributed by atoms with van der Waals surface area (Å²) < 4.78 is 46.9. The van der Waals surface area contributed by atoms with Crippen LogP contribution in [0.2, 0.25) is 0 Å². The van der Waals surface area contributed by atoms with Gasteiger partial charge in [0.15, 0.2) is 5.75 Å². The van der Waals surface area contributed by atoms with E-state index in [9.17, 15) is 27.9 Å². The molecule has 2 N–H and O–H groups in total. The highest BCUT2D eigenvalue weighted by atomic mass is 19.1. The van der Waals surface area contributed by atoms with E-state index in [2.05, 4.69) is 10.3 Å². The van der Waals surface area contributed by atoms with Gasteiger partial charge in [0, 0.05) is 51.0 Å². The Morgan fingerprint density at radius 2 is 1.90 bits per heavy atom. The van der Waals surface area contributed by atoms with Crippen LogP contribution in [0.1, 0.15) is 21.5 Å². The van der Waals surface area contributed by atoms with Crippen molar-refractivity contribution in [3.05, 3.63) is 68.9 Å². The van der Waals surface area contributed by atoms with Crippen LogP contribution >= 0.6 is 0 Å². The lowest BCUT2D eigenvalue weighted by Gasteiger charge is -2.13. The predicted octanol–water partition coefficient (Wildman–Crippen LogP) is 2.02. The summed E-state index contributed by atoms with van der Waals surface area (Å²) in [5, 5.41) is 12.9. The van der Waals surface area contributed by atoms with Gasteiger partial charge in [0.05, 0.1) is 12.1 Å². The summed E-state index contributed by atoms with van der Waals surface area (Å²) >= 11 is 0. The summed E-state index contributed by atoms with van der Waals surface area (Å²) in [7, 11) is 2.82. The number of amides is 1. The van der Waals surface area contributed by atoms with Crippen molar-refractivity contribution < 1.29 is 27.8 Å². The van der Waals surface area contributed by atoms with Gasteiger partial charge in [0.2, 0.25) is 0 Å². The lowest BCUT2D eigenvalue weighted by Crippen LogP contribution is -2.34. The number of rotatable bonds is 6. The van der Waals surface area contributed by atoms with E-state index in [-0.39, 0.29) is 36.2 Å². The van der Waals surface area contributed by atoms with Gasteiger partial charge in [-0.2, -0.15) is 0 Å². The number of aromatic nitrogens is 2. The van der Waals surface area contributed by atoms with Crippen LogP contribution in [0.4, 0.5) is 13.2 Å². The van der Waals surface area contributed by atoms with E-state index in [1.54, 1.807) is 0 Å². The molecule has 3 aromatic rings. The van der Waals surface area contributed by atoms with Gasteiger partial charge < -0.3 is 19.7 Å². The van der Waals surface area contributed by atoms with E-state index < -0.39 is 40.2 Å². The third-order valence-corrected chi connectivity index (χ3v) is 4.57. The Hall–Kier alpha value is -3.40. The molecule has 0 aliphatic heterocycles. The fraction of sp³-hybridized carbons (Fsp3) is 0.250. The molecule has 1 amide bonds. The van der Waals surface area contributed by atoms with Crippen molar-refractivity contribution in [3.8, 4) is 5.75 Å². The van der Waals surface area contributed by atoms with Crippen molar-refractivity contribution in [1.29, 1.82) is 0 Å². The van der Waals surface area contributed by atoms with E-state index in [4.69, 9.17) is 4.74 Å². The first kappa shape index (κ1) is 21.3. The first-order chi connectivity index (χ1) is 14.2. The van der Waals surface area contributed by atoms with Crippen LogP contribution in [0.3, 0.4) is 0 Å². The third kappa shape index (κ3) is 3.99. The summed E-state index contributed by atoms with van der Waals surface area (Å²) in [6, 6.07) is 2.56. The van der Waals surface area contributed by atoms with E-state index in [1.807, 2.05) is 0 Å². The number of nitrogens with one attached hydrogen (secondary N) is 1. The molecule has 3 rings (SSSR count). The molecule has 0 fully saturated rings. The van der Waals surface area contributed by atoms with E-state index in [1.165, 1.54) is 26.4 Å². The van der Waals surface area contributed by atoms with Gasteiger partial charge in [-0.3, -0.25) is 14.6 Å². The van der Waals surface area contributed by atoms with Crippen LogP contribution in [-0.2, 0) is 18.2 Å². The maximum Gasteiger partial charge on any atom is 0.267 e. The molecule has 2 aromatic heterocycles. The van der Waals surface area contributed by atoms with Crippen molar-refractivity contribution in [2.24, 2.45) is 7.05 Å². The van der Waals surface area contributed by atoms with Crippen LogP contribution < -0.4 is 10.9 Å². The maximum absolute atomic E-state index is 13.9. The SMILES string of the molecule is COCCNC(=O)c1c(O)c2ncc(Cc3c(F)cc(F)cc3F)cc2n(C)c1=O. The second-order valence-electron chi connectivity index (χ2n) is 6.57. The number of aromatic hydroxyl groups is 1. The van der Waals surface area contributed by atoms with Crippen molar-refractivity contribution in [1.82, 2.24) is 14.9 Å². The van der Waals surface area contributed by atoms with Gasteiger partial charge >= 0.3 is 0 Å². The Balaban J connectivity index is 2.04. The maximum atomic E-state index is 13.9. The minimum atomic E-state index is -1.05. The largest absolute Gasteiger partial charge is 0.505 e. The first-order valence-electron chi connectivity index (χ1n) is 8.85. The van der Waals surface area contributed by atoms with E-state index in [0.29, 0.717) is 17.7 Å². The predicted molar refractivity (Wildman–Crippen MR) is 102 cm³/mol. The van der Waals surface area contributed by atoms with Crippen molar-refractivity contribution in [3.63, 3.8) is 0 Å². The van der Waals surface area contributed by atoms with Gasteiger partial charge in [-0.25, -0.2) is 13.2 Å². The molecule has 0 radical (unpaired) electrons. The standard InChI is InChI=1S/C20H18F3N3O4/c1-26-15-6-10(5-12-13(22)7-11(21)8-14(12)23)9-25-17(15)18(27)16(20(26)29)19(28)24-3-4-30-2/h6-9,27H,3-5H2,1-2H3,(H,24,28). The van der Waals surface area contributed by atoms with Gasteiger partial charge in [-0.1, -0.05) is 0 Å². The molecule has 0 aliphatic carbocycles. The molecule has 158 valence electrons. The number of carbonyl (C=O) groups is 1. The van der Waals surface area contributed by atoms with Crippen molar-refractivity contribution >= 4 is 16.9 Å². The number of methoxy groups -OCH3 is 1. The molecular weight excluding hydrogens is 403 g/mol. The highest BCUT2D eigenvalue weighted by Gasteiger charge is 2.22. The Bertz CT molecular complexity index is 1170. The Labute approximate surface area is 168 Å². The molecule has 0 spiro atoms. The number of hydrogen-bond donors (Lipinski definition) is 2. The van der Waals surface area contributed by atoms with Gasteiger partial charge in [0.25, 0.3) is 11.5 Å². The summed E-state index contributed by atoms with van der Waals surface area (Å²) in [6.45, 7) is 0.357. The minimum absolute atomic E-state index is 0.0298. The Morgan fingerprint density at radius 1 is 1.23 bits per heavy atom. The summed E-state index contributed by atoms with van der Waals surface area (Å²) in [4.78, 5) is 29.0. The normalized spacial score (nSPS) is 11.1. The quantitative estimate of drug-likeness (QED) is 0.594. The number of nitrogens with zero attached hydrogens (tertiary/aromatic N) is 2. The summed E-state index contributed by atoms with van der Waals surface area (Å²) in [6.07, 6.45) is 0.996. The number of carbonyl (C=O) groups excluding carboxylic acids is 1. The highest BCUT2D eigenvalue weighted by molar-refractivity contribution is 6.01. The second-order valence-corrected chi connectivity index (χ2v) is 6.57. The lowest BCUT2D eigenvalue weighted by molar-refractivity contribution is 0.0932. The average molecular weight is 421 g/mol. The molecule has 30 heavy (non-hydrogen) atoms. The summed E-state index contributed by atoms with van der Waals surface area (Å²) in [5.74, 6) is -4.52. The van der Waals surface area contributed by atoms with Gasteiger partial charge in [0.1, 0.15) is 28.5 Å². The zero-order valence-corrected chi connectivity index (χ0v) is 16.1. The highest BCUT2D eigenvalue weighted by Crippen LogP contribution is 2.26. The molecule has 0 saturated heterocycles. The molecular formula is C20H18F3N3O4. The third-order valence-electron chi connectivity index (χ3n) is 4.57. The molecule has 0 saturated carbocycles. The van der Waals surface area contributed by atoms with Crippen LogP contribution in [0.25, 0.3) is 11.0 Å². The smallest absolute Gasteiger partial charge is 0.267 e. The number of pyridine rings is 2. The van der Waals surface area contributed by atoms with Crippen LogP contribution in [0, 0.1) is 17.5 Å². The molecule has 7 nitrogen and oxygen atoms in total. The minimum Gasteiger partial charge on any atom is -0.505 e. The Kier molecular flexibility index (Phi) is 6.06. The van der Waals surface area contributed by atoms with Gasteiger partial charge in [-0.05, 0) is 11.6 Å². The lowest BCUT2D eigenvalue weighted by atomic mass is 10.0. The monoisotopic (exact) mass is 421 g/mol. The number of ether oxygens (including phenoxy) is 1. The van der Waals surface area contributed by atoms with E-state index >= 15 is 0 Å². The zero-order chi connectivity index (χ0) is 22.0. The summed E-state index contributed by atoms with van der Waals surface area (Å²) in [5.41, 5.74) is -1.16. The van der Waals surface area contributed by atoms with Gasteiger partial charge in [-0.15, -0.1) is 0 Å². The van der Waals surface area contributed by atoms with Crippen molar-refractivity contribution in [2.75, 3.05) is 20.3 Å². The molecule has 0 unspecified atom stereocenters. The van der Waals surface area contributed by atoms with E-state index in [0.717, 1.165) is 4.57 Å². The van der Waals surface area contributed by atoms with Crippen molar-refractivity contribution in [2.45, 2.75) is 6.42 Å². The number of aryl methyl sites for hydroxylation is 1. The molecule has 2 heterocycles. The number of hydrogen-bond acceptors (Lipinski definition) is 5. The molecule has 0 atom stereocenters. The van der Waals surface area contributed by atoms with Crippen LogP contribution in [0.15, 0.2) is 29.2 Å². The fourth-order valence-corrected chi connectivity index (χ4v) is 3.03. The molecule has 10 heteroatoms. The van der Waals surface area contributed by atoms with Crippen LogP contribution in [0.5, 0.6) is 5.75 Å². The van der Waals surface area contributed by atoms with Crippen LogP contribution in [-0.4, -0.2) is 40.8 Å². The topological polar surface area (TPSA) is 93.4 Å². The Morgan fingerprint density at radius 3 is 2.53 bits per heavy atom. The number of benzene rings is 1. The molecule has 1 aromatic carbocycles.